The zero-order chi connectivity index (χ0) is 28.0. The van der Waals surface area contributed by atoms with Crippen LogP contribution in [0, 0.1) is 0 Å². The van der Waals surface area contributed by atoms with Crippen LogP contribution in [-0.2, 0) is 12.4 Å². The van der Waals surface area contributed by atoms with Gasteiger partial charge in [-0.3, -0.25) is 0 Å². The molecule has 2 bridgehead atoms. The summed E-state index contributed by atoms with van der Waals surface area (Å²) in [4.78, 5) is 0. The third-order valence-corrected chi connectivity index (χ3v) is 11.7. The van der Waals surface area contributed by atoms with Crippen molar-refractivity contribution >= 4 is 25.2 Å². The van der Waals surface area contributed by atoms with E-state index in [1.807, 2.05) is 36.4 Å². The summed E-state index contributed by atoms with van der Waals surface area (Å²) in [5.74, 6) is 0. The van der Waals surface area contributed by atoms with Crippen LogP contribution in [0.1, 0.15) is 54.0 Å². The molecule has 7 rings (SSSR count). The molecule has 4 aromatic carbocycles. The lowest BCUT2D eigenvalue weighted by Gasteiger charge is -2.25. The molecule has 2 heterocycles. The molecular weight excluding hydrogens is 538 g/mol. The highest BCUT2D eigenvalue weighted by Crippen LogP contribution is 2.53. The van der Waals surface area contributed by atoms with E-state index in [-0.39, 0.29) is 17.2 Å². The van der Waals surface area contributed by atoms with Crippen molar-refractivity contribution in [3.05, 3.63) is 101 Å². The molecule has 40 heavy (non-hydrogen) atoms. The zero-order valence-corrected chi connectivity index (χ0v) is 22.5. The van der Waals surface area contributed by atoms with Gasteiger partial charge in [-0.05, 0) is 85.9 Å². The molecule has 1 atom stereocenters. The standard InChI is InChI=1S/C33H23F6Si/c1-2-3-7-19-14-18-12-13-24-26-10-6-9-25-23-8-4-5-11-27(23)40(31(25)26)30(19)29(18)28(24)20-15-21(32(34,35)36)17-22(16-20)33(37,38)39/h4-6,8-17,30H,2-3,7H2,1H3. The fourth-order valence-electron chi connectivity index (χ4n) is 6.78. The topological polar surface area (TPSA) is 0 Å². The minimum Gasteiger partial charge on any atom is -0.166 e. The number of rotatable bonds is 4. The molecule has 2 aliphatic heterocycles. The van der Waals surface area contributed by atoms with Crippen molar-refractivity contribution in [2.24, 2.45) is 0 Å². The van der Waals surface area contributed by atoms with Crippen LogP contribution in [0.25, 0.3) is 39.5 Å². The summed E-state index contributed by atoms with van der Waals surface area (Å²) in [5.41, 5.74) is 4.75. The fraction of sp³-hybridized carbons (Fsp3) is 0.212. The van der Waals surface area contributed by atoms with E-state index in [0.29, 0.717) is 11.1 Å². The molecule has 1 aliphatic carbocycles. The van der Waals surface area contributed by atoms with Gasteiger partial charge in [-0.1, -0.05) is 79.6 Å². The van der Waals surface area contributed by atoms with Crippen molar-refractivity contribution in [3.63, 3.8) is 0 Å². The molecule has 0 saturated heterocycles. The van der Waals surface area contributed by atoms with E-state index in [1.54, 1.807) is 0 Å². The summed E-state index contributed by atoms with van der Waals surface area (Å²) < 4.78 is 83.7. The van der Waals surface area contributed by atoms with E-state index < -0.39 is 32.3 Å². The van der Waals surface area contributed by atoms with Gasteiger partial charge in [-0.2, -0.15) is 26.3 Å². The first-order valence-corrected chi connectivity index (χ1v) is 14.9. The van der Waals surface area contributed by atoms with E-state index in [1.165, 1.54) is 21.5 Å². The Morgan fingerprint density at radius 3 is 2.05 bits per heavy atom. The molecule has 0 saturated carbocycles. The monoisotopic (exact) mass is 561 g/mol. The maximum Gasteiger partial charge on any atom is 0.416 e. The van der Waals surface area contributed by atoms with Gasteiger partial charge >= 0.3 is 12.4 Å². The number of alkyl halides is 6. The summed E-state index contributed by atoms with van der Waals surface area (Å²) >= 11 is 0. The predicted molar refractivity (Wildman–Crippen MR) is 148 cm³/mol. The fourth-order valence-corrected chi connectivity index (χ4v) is 10.6. The molecule has 7 heteroatoms. The van der Waals surface area contributed by atoms with Gasteiger partial charge in [0, 0.05) is 5.54 Å². The molecular formula is C33H23F6Si. The van der Waals surface area contributed by atoms with Gasteiger partial charge in [0.25, 0.3) is 0 Å². The maximum absolute atomic E-state index is 14.0. The summed E-state index contributed by atoms with van der Waals surface area (Å²) in [6.45, 7) is 2.12. The van der Waals surface area contributed by atoms with Gasteiger partial charge in [0.05, 0.1) is 11.1 Å². The summed E-state index contributed by atoms with van der Waals surface area (Å²) in [6, 6.07) is 20.2. The highest BCUT2D eigenvalue weighted by Gasteiger charge is 2.47. The van der Waals surface area contributed by atoms with Gasteiger partial charge < -0.3 is 0 Å². The van der Waals surface area contributed by atoms with E-state index in [0.717, 1.165) is 53.6 Å². The Labute approximate surface area is 229 Å². The van der Waals surface area contributed by atoms with Crippen LogP contribution < -0.4 is 10.4 Å². The number of unbranched alkanes of at least 4 members (excludes halogenated alkanes) is 1. The van der Waals surface area contributed by atoms with Crippen LogP contribution in [0.5, 0.6) is 0 Å². The Balaban J connectivity index is 1.58. The third-order valence-electron chi connectivity index (χ3n) is 8.39. The second-order valence-electron chi connectivity index (χ2n) is 10.7. The lowest BCUT2D eigenvalue weighted by atomic mass is 9.86. The normalized spacial score (nSPS) is 17.0. The van der Waals surface area contributed by atoms with Crippen molar-refractivity contribution in [2.45, 2.75) is 44.1 Å². The van der Waals surface area contributed by atoms with Gasteiger partial charge in [0.1, 0.15) is 8.80 Å². The Kier molecular flexibility index (Phi) is 5.53. The number of halogens is 6. The van der Waals surface area contributed by atoms with E-state index in [4.69, 9.17) is 0 Å². The van der Waals surface area contributed by atoms with E-state index in [9.17, 15) is 26.3 Å². The van der Waals surface area contributed by atoms with Gasteiger partial charge in [-0.25, -0.2) is 0 Å². The summed E-state index contributed by atoms with van der Waals surface area (Å²) in [5, 5.41) is 2.46. The largest absolute Gasteiger partial charge is 0.416 e. The number of fused-ring (bicyclic) bond motifs is 6. The van der Waals surface area contributed by atoms with Crippen molar-refractivity contribution in [3.8, 4) is 33.4 Å². The van der Waals surface area contributed by atoms with E-state index in [2.05, 4.69) is 31.2 Å². The van der Waals surface area contributed by atoms with Crippen LogP contribution >= 0.6 is 0 Å². The second kappa shape index (κ2) is 8.71. The van der Waals surface area contributed by atoms with Gasteiger partial charge in [-0.15, -0.1) is 0 Å². The molecule has 3 aliphatic rings. The van der Waals surface area contributed by atoms with Crippen LogP contribution in [-0.4, -0.2) is 8.80 Å². The molecule has 0 fully saturated rings. The van der Waals surface area contributed by atoms with Crippen molar-refractivity contribution in [1.29, 1.82) is 0 Å². The average molecular weight is 562 g/mol. The molecule has 0 aromatic heterocycles. The Hall–Kier alpha value is -3.58. The first-order valence-electron chi connectivity index (χ1n) is 13.4. The Morgan fingerprint density at radius 1 is 0.725 bits per heavy atom. The smallest absolute Gasteiger partial charge is 0.166 e. The van der Waals surface area contributed by atoms with Crippen molar-refractivity contribution in [2.75, 3.05) is 0 Å². The van der Waals surface area contributed by atoms with Gasteiger partial charge in [0.2, 0.25) is 0 Å². The number of hydrogen-bond donors (Lipinski definition) is 0. The third kappa shape index (κ3) is 3.66. The second-order valence-corrected chi connectivity index (χ2v) is 13.2. The quantitative estimate of drug-likeness (QED) is 0.172. The Bertz CT molecular complexity index is 1690. The van der Waals surface area contributed by atoms with Gasteiger partial charge in [0.15, 0.2) is 0 Å². The average Bonchev–Trinajstić information content (AvgIpc) is 3.42. The molecule has 1 unspecified atom stereocenters. The lowest BCUT2D eigenvalue weighted by molar-refractivity contribution is -0.143. The van der Waals surface area contributed by atoms with Crippen LogP contribution in [0.4, 0.5) is 26.3 Å². The first kappa shape index (κ1) is 25.4. The van der Waals surface area contributed by atoms with Crippen molar-refractivity contribution in [1.82, 2.24) is 0 Å². The number of hydrogen-bond acceptors (Lipinski definition) is 0. The Morgan fingerprint density at radius 2 is 1.38 bits per heavy atom. The van der Waals surface area contributed by atoms with Crippen LogP contribution in [0.2, 0.25) is 0 Å². The maximum atomic E-state index is 14.0. The molecule has 4 aromatic rings. The number of allylic oxidation sites excluding steroid dienone is 1. The SMILES string of the molecule is CCCCC1=Cc2ccc3c(-c4cc(C(F)(F)F)cc(C(F)(F)F)c4)c2C1[Si]1c2ccccc2-c2cccc-3c21. The first-order chi connectivity index (χ1) is 19.1. The van der Waals surface area contributed by atoms with Crippen molar-refractivity contribution < 1.29 is 26.3 Å². The molecule has 201 valence electrons. The lowest BCUT2D eigenvalue weighted by Crippen LogP contribution is -2.44. The minimum atomic E-state index is -4.91. The molecule has 1 radical (unpaired) electrons. The highest BCUT2D eigenvalue weighted by atomic mass is 28.3. The molecule has 0 nitrogen and oxygen atoms in total. The molecule has 0 amide bonds. The zero-order valence-electron chi connectivity index (χ0n) is 21.5. The summed E-state index contributed by atoms with van der Waals surface area (Å²) in [7, 11) is -1.49. The highest BCUT2D eigenvalue weighted by molar-refractivity contribution is 6.92. The van der Waals surface area contributed by atoms with Crippen LogP contribution in [0.3, 0.4) is 0 Å². The predicted octanol–water partition coefficient (Wildman–Crippen LogP) is 8.87. The minimum absolute atomic E-state index is 0.0300. The van der Waals surface area contributed by atoms with Crippen LogP contribution in [0.15, 0.2) is 78.4 Å². The molecule has 0 spiro atoms. The summed E-state index contributed by atoms with van der Waals surface area (Å²) in [6.07, 6.45) is -4.89. The van der Waals surface area contributed by atoms with E-state index >= 15 is 0 Å². The molecule has 0 N–H and O–H groups in total. The number of benzene rings is 4.